The van der Waals surface area contributed by atoms with Crippen LogP contribution in [0.25, 0.3) is 5.69 Å². The Morgan fingerprint density at radius 2 is 2.00 bits per heavy atom. The molecule has 0 radical (unpaired) electrons. The zero-order valence-corrected chi connectivity index (χ0v) is 10.0. The predicted octanol–water partition coefficient (Wildman–Crippen LogP) is 3.44. The maximum absolute atomic E-state index is 12.7. The van der Waals surface area contributed by atoms with Gasteiger partial charge in [-0.3, -0.25) is 0 Å². The van der Waals surface area contributed by atoms with Crippen molar-refractivity contribution in [3.63, 3.8) is 0 Å². The maximum atomic E-state index is 12.7. The topological polar surface area (TPSA) is 43.8 Å². The van der Waals surface area contributed by atoms with E-state index >= 15 is 0 Å². The summed E-state index contributed by atoms with van der Waals surface area (Å²) < 4.78 is 39.4. The highest BCUT2D eigenvalue weighted by molar-refractivity contribution is 6.33. The highest BCUT2D eigenvalue weighted by Crippen LogP contribution is 2.36. The third-order valence-corrected chi connectivity index (χ3v) is 2.74. The molecule has 0 fully saturated rings. The summed E-state index contributed by atoms with van der Waals surface area (Å²) >= 11 is 5.72. The van der Waals surface area contributed by atoms with Gasteiger partial charge in [-0.15, -0.1) is 0 Å². The molecule has 7 heteroatoms. The van der Waals surface area contributed by atoms with E-state index in [1.54, 1.807) is 13.1 Å². The summed E-state index contributed by atoms with van der Waals surface area (Å²) in [5.41, 5.74) is 5.76. The fraction of sp³-hybridized carbons (Fsp3) is 0.182. The van der Waals surface area contributed by atoms with Crippen LogP contribution in [0.1, 0.15) is 11.3 Å². The second-order valence-electron chi connectivity index (χ2n) is 3.81. The van der Waals surface area contributed by atoms with E-state index < -0.39 is 11.7 Å². The number of nitrogens with two attached hydrogens (primary N) is 1. The van der Waals surface area contributed by atoms with Crippen LogP contribution in [0.3, 0.4) is 0 Å². The van der Waals surface area contributed by atoms with Crippen molar-refractivity contribution in [3.8, 4) is 5.69 Å². The molecule has 0 amide bonds. The summed E-state index contributed by atoms with van der Waals surface area (Å²) in [4.78, 5) is 3.94. The number of aryl methyl sites for hydroxylation is 1. The zero-order valence-electron chi connectivity index (χ0n) is 9.29. The minimum absolute atomic E-state index is 0.0852. The highest BCUT2D eigenvalue weighted by Gasteiger charge is 2.32. The van der Waals surface area contributed by atoms with Gasteiger partial charge in [0.15, 0.2) is 0 Å². The van der Waals surface area contributed by atoms with Crippen molar-refractivity contribution in [1.82, 2.24) is 9.55 Å². The minimum atomic E-state index is -4.47. The second kappa shape index (κ2) is 4.20. The lowest BCUT2D eigenvalue weighted by Gasteiger charge is -2.13. The Bertz CT molecular complexity index is 590. The van der Waals surface area contributed by atoms with E-state index in [2.05, 4.69) is 4.98 Å². The molecule has 2 rings (SSSR count). The average molecular weight is 276 g/mol. The van der Waals surface area contributed by atoms with Gasteiger partial charge in [0, 0.05) is 6.20 Å². The van der Waals surface area contributed by atoms with Crippen LogP contribution in [0.2, 0.25) is 5.02 Å². The molecule has 1 aromatic carbocycles. The van der Waals surface area contributed by atoms with Crippen LogP contribution in [-0.2, 0) is 6.18 Å². The van der Waals surface area contributed by atoms with Crippen molar-refractivity contribution in [2.45, 2.75) is 13.1 Å². The number of rotatable bonds is 1. The zero-order chi connectivity index (χ0) is 13.5. The fourth-order valence-electron chi connectivity index (χ4n) is 1.53. The molecule has 1 aromatic heterocycles. The Hall–Kier alpha value is -1.69. The van der Waals surface area contributed by atoms with Gasteiger partial charge in [-0.1, -0.05) is 11.6 Å². The smallest absolute Gasteiger partial charge is 0.396 e. The van der Waals surface area contributed by atoms with E-state index in [0.717, 1.165) is 12.1 Å². The summed E-state index contributed by atoms with van der Waals surface area (Å²) in [6, 6.07) is 1.76. The van der Waals surface area contributed by atoms with Gasteiger partial charge in [-0.25, -0.2) is 4.98 Å². The van der Waals surface area contributed by atoms with Gasteiger partial charge in [0.25, 0.3) is 0 Å². The first-order chi connectivity index (χ1) is 8.29. The van der Waals surface area contributed by atoms with Crippen LogP contribution >= 0.6 is 11.6 Å². The van der Waals surface area contributed by atoms with Gasteiger partial charge in [-0.05, 0) is 19.1 Å². The molecular weight excluding hydrogens is 267 g/mol. The molecule has 0 bridgehead atoms. The molecular formula is C11H9ClF3N3. The summed E-state index contributed by atoms with van der Waals surface area (Å²) in [5, 5.41) is -0.133. The van der Waals surface area contributed by atoms with E-state index in [0.29, 0.717) is 5.69 Å². The summed E-state index contributed by atoms with van der Waals surface area (Å²) in [5.74, 6) is 0. The number of anilines is 1. The molecule has 0 aliphatic heterocycles. The Morgan fingerprint density at radius 3 is 2.50 bits per heavy atom. The third-order valence-electron chi connectivity index (χ3n) is 2.42. The molecule has 2 N–H and O–H groups in total. The largest absolute Gasteiger partial charge is 0.416 e. The van der Waals surface area contributed by atoms with E-state index in [1.165, 1.54) is 10.9 Å². The molecule has 0 aliphatic rings. The quantitative estimate of drug-likeness (QED) is 0.810. The molecule has 0 spiro atoms. The van der Waals surface area contributed by atoms with Crippen molar-refractivity contribution in [2.75, 3.05) is 5.73 Å². The molecule has 0 atom stereocenters. The number of nitrogens with zero attached hydrogens (tertiary/aromatic N) is 2. The van der Waals surface area contributed by atoms with E-state index in [4.69, 9.17) is 17.3 Å². The van der Waals surface area contributed by atoms with Crippen molar-refractivity contribution in [2.24, 2.45) is 0 Å². The number of aromatic nitrogens is 2. The Kier molecular flexibility index (Phi) is 2.98. The number of halogens is 4. The number of hydrogen-bond donors (Lipinski definition) is 1. The van der Waals surface area contributed by atoms with Gasteiger partial charge in [0.1, 0.15) is 0 Å². The monoisotopic (exact) mass is 275 g/mol. The average Bonchev–Trinajstić information content (AvgIpc) is 2.67. The summed E-state index contributed by atoms with van der Waals surface area (Å²) in [7, 11) is 0. The molecule has 2 aromatic rings. The molecule has 0 aliphatic carbocycles. The molecule has 0 unspecified atom stereocenters. The Labute approximate surface area is 106 Å². The van der Waals surface area contributed by atoms with Crippen LogP contribution < -0.4 is 5.73 Å². The van der Waals surface area contributed by atoms with E-state index in [-0.39, 0.29) is 16.4 Å². The normalized spacial score (nSPS) is 11.8. The Morgan fingerprint density at radius 1 is 1.33 bits per heavy atom. The number of alkyl halides is 3. The van der Waals surface area contributed by atoms with Crippen LogP contribution in [0.15, 0.2) is 24.7 Å². The van der Waals surface area contributed by atoms with Gasteiger partial charge < -0.3 is 10.3 Å². The van der Waals surface area contributed by atoms with Gasteiger partial charge in [0.05, 0.1) is 34.0 Å². The van der Waals surface area contributed by atoms with Crippen molar-refractivity contribution < 1.29 is 13.2 Å². The van der Waals surface area contributed by atoms with E-state index in [1.807, 2.05) is 0 Å². The van der Waals surface area contributed by atoms with E-state index in [9.17, 15) is 13.2 Å². The SMILES string of the molecule is Cc1cn(-c2cc(C(F)(F)F)cc(Cl)c2N)cn1. The summed E-state index contributed by atoms with van der Waals surface area (Å²) in [6.07, 6.45) is -1.51. The van der Waals surface area contributed by atoms with Crippen LogP contribution in [0, 0.1) is 6.92 Å². The highest BCUT2D eigenvalue weighted by atomic mass is 35.5. The first-order valence-electron chi connectivity index (χ1n) is 4.96. The molecule has 0 saturated carbocycles. The van der Waals surface area contributed by atoms with Crippen LogP contribution in [0.5, 0.6) is 0 Å². The molecule has 18 heavy (non-hydrogen) atoms. The third kappa shape index (κ3) is 2.28. The number of hydrogen-bond acceptors (Lipinski definition) is 2. The number of benzene rings is 1. The standard InChI is InChI=1S/C11H9ClF3N3/c1-6-4-18(5-17-6)9-3-7(11(13,14)15)2-8(12)10(9)16/h2-5H,16H2,1H3. The van der Waals surface area contributed by atoms with Crippen molar-refractivity contribution >= 4 is 17.3 Å². The molecule has 1 heterocycles. The number of imidazole rings is 1. The fourth-order valence-corrected chi connectivity index (χ4v) is 1.75. The first-order valence-corrected chi connectivity index (χ1v) is 5.34. The van der Waals surface area contributed by atoms with Gasteiger partial charge in [0.2, 0.25) is 0 Å². The van der Waals surface area contributed by atoms with Crippen molar-refractivity contribution in [3.05, 3.63) is 40.9 Å². The maximum Gasteiger partial charge on any atom is 0.416 e. The Balaban J connectivity index is 2.63. The van der Waals surface area contributed by atoms with Gasteiger partial charge >= 0.3 is 6.18 Å². The van der Waals surface area contributed by atoms with Gasteiger partial charge in [-0.2, -0.15) is 13.2 Å². The molecule has 96 valence electrons. The predicted molar refractivity (Wildman–Crippen MR) is 62.7 cm³/mol. The number of nitrogen functional groups attached to an aromatic ring is 1. The first kappa shape index (κ1) is 12.8. The summed E-state index contributed by atoms with van der Waals surface area (Å²) in [6.45, 7) is 1.72. The van der Waals surface area contributed by atoms with Crippen LogP contribution in [-0.4, -0.2) is 9.55 Å². The van der Waals surface area contributed by atoms with Crippen molar-refractivity contribution in [1.29, 1.82) is 0 Å². The minimum Gasteiger partial charge on any atom is -0.396 e. The molecule has 0 saturated heterocycles. The second-order valence-corrected chi connectivity index (χ2v) is 4.22. The lowest BCUT2D eigenvalue weighted by atomic mass is 10.1. The molecule has 3 nitrogen and oxygen atoms in total. The lowest BCUT2D eigenvalue weighted by Crippen LogP contribution is -2.08. The lowest BCUT2D eigenvalue weighted by molar-refractivity contribution is -0.137. The van der Waals surface area contributed by atoms with Crippen LogP contribution in [0.4, 0.5) is 18.9 Å².